The van der Waals surface area contributed by atoms with Crippen LogP contribution in [0.15, 0.2) is 0 Å². The fourth-order valence-corrected chi connectivity index (χ4v) is 2.32. The molecule has 1 aliphatic rings. The van der Waals surface area contributed by atoms with Gasteiger partial charge in [-0.1, -0.05) is 13.3 Å². The molecule has 4 heteroatoms. The van der Waals surface area contributed by atoms with Gasteiger partial charge in [-0.05, 0) is 31.6 Å². The molecule has 0 saturated heterocycles. The zero-order chi connectivity index (χ0) is 12.0. The van der Waals surface area contributed by atoms with Crippen LogP contribution in [0.4, 0.5) is 0 Å². The van der Waals surface area contributed by atoms with E-state index in [0.29, 0.717) is 13.1 Å². The van der Waals surface area contributed by atoms with Crippen molar-refractivity contribution in [2.24, 2.45) is 5.92 Å². The number of carbonyl (C=O) groups is 1. The van der Waals surface area contributed by atoms with Crippen LogP contribution in [0, 0.1) is 5.92 Å². The lowest BCUT2D eigenvalue weighted by molar-refractivity contribution is -0.136. The Kier molecular flexibility index (Phi) is 5.22. The van der Waals surface area contributed by atoms with Crippen molar-refractivity contribution in [2.75, 3.05) is 13.1 Å². The smallest absolute Gasteiger partial charge is 0.304 e. The van der Waals surface area contributed by atoms with Gasteiger partial charge in [0.15, 0.2) is 0 Å². The molecule has 94 valence electrons. The zero-order valence-electron chi connectivity index (χ0n) is 10.0. The van der Waals surface area contributed by atoms with Crippen molar-refractivity contribution in [3.63, 3.8) is 0 Å². The fourth-order valence-electron chi connectivity index (χ4n) is 2.32. The van der Waals surface area contributed by atoms with Crippen LogP contribution in [0.3, 0.4) is 0 Å². The predicted octanol–water partition coefficient (Wildman–Crippen LogP) is 1.38. The molecule has 16 heavy (non-hydrogen) atoms. The third-order valence-corrected chi connectivity index (χ3v) is 3.58. The lowest BCUT2D eigenvalue weighted by Gasteiger charge is -2.36. The summed E-state index contributed by atoms with van der Waals surface area (Å²) in [6.45, 7) is 3.16. The summed E-state index contributed by atoms with van der Waals surface area (Å²) in [7, 11) is 0. The van der Waals surface area contributed by atoms with Gasteiger partial charge in [-0.2, -0.15) is 0 Å². The number of nitrogens with one attached hydrogen (secondary N) is 1. The van der Waals surface area contributed by atoms with Gasteiger partial charge in [0.05, 0.1) is 12.0 Å². The molecule has 4 nitrogen and oxygen atoms in total. The van der Waals surface area contributed by atoms with Gasteiger partial charge in [0, 0.05) is 13.1 Å². The zero-order valence-corrected chi connectivity index (χ0v) is 10.0. The van der Waals surface area contributed by atoms with Crippen molar-refractivity contribution in [3.05, 3.63) is 0 Å². The summed E-state index contributed by atoms with van der Waals surface area (Å²) in [4.78, 5) is 10.3. The molecule has 0 amide bonds. The largest absolute Gasteiger partial charge is 0.481 e. The van der Waals surface area contributed by atoms with Gasteiger partial charge >= 0.3 is 5.97 Å². The minimum absolute atomic E-state index is 0.119. The number of aliphatic hydroxyl groups is 1. The molecular formula is C12H23NO3. The van der Waals surface area contributed by atoms with Crippen LogP contribution in [0.25, 0.3) is 0 Å². The number of rotatable bonds is 6. The van der Waals surface area contributed by atoms with Crippen molar-refractivity contribution in [3.8, 4) is 0 Å². The lowest BCUT2D eigenvalue weighted by atomic mass is 9.78. The van der Waals surface area contributed by atoms with E-state index >= 15 is 0 Å². The number of hydrogen-bond donors (Lipinski definition) is 3. The Labute approximate surface area is 97.0 Å². The van der Waals surface area contributed by atoms with Crippen molar-refractivity contribution in [2.45, 2.75) is 51.0 Å². The maximum Gasteiger partial charge on any atom is 0.304 e. The van der Waals surface area contributed by atoms with Gasteiger partial charge in [0.1, 0.15) is 0 Å². The first-order valence-corrected chi connectivity index (χ1v) is 6.20. The molecule has 0 bridgehead atoms. The van der Waals surface area contributed by atoms with Crippen LogP contribution in [-0.4, -0.2) is 34.9 Å². The summed E-state index contributed by atoms with van der Waals surface area (Å²) >= 11 is 0. The summed E-state index contributed by atoms with van der Waals surface area (Å²) in [5.74, 6) is -0.0338. The van der Waals surface area contributed by atoms with E-state index in [2.05, 4.69) is 12.2 Å². The van der Waals surface area contributed by atoms with Crippen molar-refractivity contribution >= 4 is 5.97 Å². The number of carboxylic acids is 1. The molecule has 0 aromatic rings. The maximum absolute atomic E-state index is 10.3. The van der Waals surface area contributed by atoms with E-state index in [9.17, 15) is 9.90 Å². The van der Waals surface area contributed by atoms with E-state index in [4.69, 9.17) is 5.11 Å². The number of carboxylic acid groups (broad SMARTS) is 1. The molecule has 0 aromatic heterocycles. The SMILES string of the molecule is CCC1CCC(O)(CNCCC(=O)O)CC1. The van der Waals surface area contributed by atoms with Crippen molar-refractivity contribution in [1.82, 2.24) is 5.32 Å². The summed E-state index contributed by atoms with van der Waals surface area (Å²) in [6, 6.07) is 0. The first-order valence-electron chi connectivity index (χ1n) is 6.20. The average molecular weight is 229 g/mol. The highest BCUT2D eigenvalue weighted by atomic mass is 16.4. The number of hydrogen-bond acceptors (Lipinski definition) is 3. The Morgan fingerprint density at radius 1 is 1.44 bits per heavy atom. The standard InChI is InChI=1S/C12H23NO3/c1-2-10-3-6-12(16,7-4-10)9-13-8-5-11(14)15/h10,13,16H,2-9H2,1H3,(H,14,15). The monoisotopic (exact) mass is 229 g/mol. The second kappa shape index (κ2) is 6.21. The Hall–Kier alpha value is -0.610. The van der Waals surface area contributed by atoms with E-state index in [1.807, 2.05) is 0 Å². The molecule has 0 aliphatic heterocycles. The fraction of sp³-hybridized carbons (Fsp3) is 0.917. The Morgan fingerprint density at radius 2 is 2.06 bits per heavy atom. The molecule has 0 radical (unpaired) electrons. The van der Waals surface area contributed by atoms with Crippen LogP contribution < -0.4 is 5.32 Å². The highest BCUT2D eigenvalue weighted by Crippen LogP contribution is 2.33. The molecule has 1 saturated carbocycles. The van der Waals surface area contributed by atoms with Gasteiger partial charge in [0.25, 0.3) is 0 Å². The van der Waals surface area contributed by atoms with Gasteiger partial charge in [-0.15, -0.1) is 0 Å². The molecule has 0 spiro atoms. The molecule has 0 atom stereocenters. The normalized spacial score (nSPS) is 30.2. The summed E-state index contributed by atoms with van der Waals surface area (Å²) < 4.78 is 0. The van der Waals surface area contributed by atoms with Crippen LogP contribution in [-0.2, 0) is 4.79 Å². The van der Waals surface area contributed by atoms with Crippen LogP contribution in [0.2, 0.25) is 0 Å². The molecule has 1 aliphatic carbocycles. The van der Waals surface area contributed by atoms with Crippen LogP contribution >= 0.6 is 0 Å². The van der Waals surface area contributed by atoms with Gasteiger partial charge in [-0.25, -0.2) is 0 Å². The van der Waals surface area contributed by atoms with E-state index in [0.717, 1.165) is 31.6 Å². The van der Waals surface area contributed by atoms with Gasteiger partial charge in [-0.3, -0.25) is 4.79 Å². The molecular weight excluding hydrogens is 206 g/mol. The van der Waals surface area contributed by atoms with Crippen molar-refractivity contribution < 1.29 is 15.0 Å². The average Bonchev–Trinajstić information content (AvgIpc) is 2.26. The van der Waals surface area contributed by atoms with E-state index in [1.54, 1.807) is 0 Å². The minimum Gasteiger partial charge on any atom is -0.481 e. The number of aliphatic carboxylic acids is 1. The molecule has 0 heterocycles. The van der Waals surface area contributed by atoms with Gasteiger partial charge < -0.3 is 15.5 Å². The third-order valence-electron chi connectivity index (χ3n) is 3.58. The highest BCUT2D eigenvalue weighted by molar-refractivity contribution is 5.66. The van der Waals surface area contributed by atoms with Crippen LogP contribution in [0.1, 0.15) is 45.4 Å². The minimum atomic E-state index is -0.797. The highest BCUT2D eigenvalue weighted by Gasteiger charge is 2.31. The molecule has 0 aromatic carbocycles. The first-order chi connectivity index (χ1) is 7.56. The third kappa shape index (κ3) is 4.49. The summed E-state index contributed by atoms with van der Waals surface area (Å²) in [5.41, 5.74) is -0.607. The van der Waals surface area contributed by atoms with Crippen molar-refractivity contribution in [1.29, 1.82) is 0 Å². The second-order valence-electron chi connectivity index (χ2n) is 4.90. The van der Waals surface area contributed by atoms with E-state index < -0.39 is 11.6 Å². The summed E-state index contributed by atoms with van der Waals surface area (Å²) in [5, 5.41) is 21.7. The Balaban J connectivity index is 2.18. The topological polar surface area (TPSA) is 69.6 Å². The molecule has 1 fully saturated rings. The Morgan fingerprint density at radius 3 is 2.56 bits per heavy atom. The predicted molar refractivity (Wildman–Crippen MR) is 62.3 cm³/mol. The van der Waals surface area contributed by atoms with E-state index in [-0.39, 0.29) is 6.42 Å². The van der Waals surface area contributed by atoms with Crippen LogP contribution in [0.5, 0.6) is 0 Å². The molecule has 0 unspecified atom stereocenters. The lowest BCUT2D eigenvalue weighted by Crippen LogP contribution is -2.44. The van der Waals surface area contributed by atoms with Gasteiger partial charge in [0.2, 0.25) is 0 Å². The Bertz CT molecular complexity index is 222. The second-order valence-corrected chi connectivity index (χ2v) is 4.90. The molecule has 3 N–H and O–H groups in total. The summed E-state index contributed by atoms with van der Waals surface area (Å²) in [6.07, 6.45) is 5.18. The molecule has 1 rings (SSSR count). The first kappa shape index (κ1) is 13.5. The quantitative estimate of drug-likeness (QED) is 0.602. The maximum atomic E-state index is 10.3. The van der Waals surface area contributed by atoms with E-state index in [1.165, 1.54) is 6.42 Å².